The Morgan fingerprint density at radius 2 is 2.00 bits per heavy atom. The van der Waals surface area contributed by atoms with Gasteiger partial charge in [-0.25, -0.2) is 10.2 Å². The highest BCUT2D eigenvalue weighted by atomic mass is 16.5. The van der Waals surface area contributed by atoms with Crippen LogP contribution in [0.3, 0.4) is 0 Å². The minimum absolute atomic E-state index is 0.211. The van der Waals surface area contributed by atoms with Crippen molar-refractivity contribution in [3.05, 3.63) is 42.3 Å². The van der Waals surface area contributed by atoms with Crippen molar-refractivity contribution in [2.24, 2.45) is 5.10 Å². The fourth-order valence-corrected chi connectivity index (χ4v) is 1.56. The lowest BCUT2D eigenvalue weighted by atomic mass is 10.3. The number of hydrazine groups is 2. The van der Waals surface area contributed by atoms with Crippen molar-refractivity contribution in [2.45, 2.75) is 0 Å². The summed E-state index contributed by atoms with van der Waals surface area (Å²) in [5.41, 5.74) is 3.12. The summed E-state index contributed by atoms with van der Waals surface area (Å²) in [5, 5.41) is 15.3. The lowest BCUT2D eigenvalue weighted by molar-refractivity contribution is 0.110. The molecular formula is C12H14N4O4. The Morgan fingerprint density at radius 1 is 1.30 bits per heavy atom. The molecule has 1 aromatic rings. The van der Waals surface area contributed by atoms with Gasteiger partial charge in [-0.05, 0) is 12.1 Å². The Bertz CT molecular complexity index is 544. The van der Waals surface area contributed by atoms with Crippen molar-refractivity contribution in [1.29, 1.82) is 0 Å². The molecule has 0 unspecified atom stereocenters. The Labute approximate surface area is 115 Å². The van der Waals surface area contributed by atoms with Gasteiger partial charge in [0, 0.05) is 0 Å². The Hall–Kier alpha value is -2.90. The number of benzene rings is 1. The van der Waals surface area contributed by atoms with Gasteiger partial charge in [-0.1, -0.05) is 28.5 Å². The van der Waals surface area contributed by atoms with Crippen molar-refractivity contribution in [3.8, 4) is 0 Å². The molecular weight excluding hydrogens is 264 g/mol. The Kier molecular flexibility index (Phi) is 3.94. The van der Waals surface area contributed by atoms with E-state index >= 15 is 0 Å². The standard InChI is InChI=1S/C12H14N4O4/c1-19-10-8-11(20-2)14-16(13-10)15(12(17)18)9-6-4-3-5-7-9/h3-8,13H,1-2H3,(H,17,18). The quantitative estimate of drug-likeness (QED) is 0.868. The smallest absolute Gasteiger partial charge is 0.434 e. The average molecular weight is 278 g/mol. The highest BCUT2D eigenvalue weighted by Gasteiger charge is 2.26. The first-order chi connectivity index (χ1) is 9.65. The summed E-state index contributed by atoms with van der Waals surface area (Å²) in [6.07, 6.45) is 0.293. The topological polar surface area (TPSA) is 86.6 Å². The van der Waals surface area contributed by atoms with Crippen molar-refractivity contribution in [1.82, 2.24) is 10.7 Å². The molecule has 1 amide bonds. The summed E-state index contributed by atoms with van der Waals surface area (Å²) in [6, 6.07) is 8.52. The van der Waals surface area contributed by atoms with E-state index in [1.54, 1.807) is 30.3 Å². The Balaban J connectivity index is 2.34. The molecule has 0 aromatic heterocycles. The molecule has 1 aliphatic heterocycles. The number of amides is 1. The Morgan fingerprint density at radius 3 is 2.55 bits per heavy atom. The molecule has 0 aliphatic carbocycles. The van der Waals surface area contributed by atoms with E-state index in [-0.39, 0.29) is 5.90 Å². The summed E-state index contributed by atoms with van der Waals surface area (Å²) >= 11 is 0. The second-order valence-electron chi connectivity index (χ2n) is 3.69. The highest BCUT2D eigenvalue weighted by Crippen LogP contribution is 2.17. The number of nitrogens with one attached hydrogen (secondary N) is 1. The third-order valence-corrected chi connectivity index (χ3v) is 2.46. The van der Waals surface area contributed by atoms with Gasteiger partial charge in [0.05, 0.1) is 26.0 Å². The van der Waals surface area contributed by atoms with Crippen molar-refractivity contribution in [2.75, 3.05) is 19.2 Å². The van der Waals surface area contributed by atoms with Crippen LogP contribution in [0.25, 0.3) is 0 Å². The second kappa shape index (κ2) is 5.83. The van der Waals surface area contributed by atoms with E-state index < -0.39 is 6.09 Å². The maximum absolute atomic E-state index is 11.5. The molecule has 1 aromatic carbocycles. The zero-order valence-corrected chi connectivity index (χ0v) is 11.0. The van der Waals surface area contributed by atoms with Gasteiger partial charge in [0.15, 0.2) is 0 Å². The van der Waals surface area contributed by atoms with Gasteiger partial charge in [-0.3, -0.25) is 0 Å². The fraction of sp³-hybridized carbons (Fsp3) is 0.167. The lowest BCUT2D eigenvalue weighted by Gasteiger charge is -2.32. The van der Waals surface area contributed by atoms with E-state index in [2.05, 4.69) is 10.5 Å². The third-order valence-electron chi connectivity index (χ3n) is 2.46. The monoisotopic (exact) mass is 278 g/mol. The zero-order valence-electron chi connectivity index (χ0n) is 11.0. The number of anilines is 1. The van der Waals surface area contributed by atoms with Gasteiger partial charge in [0.1, 0.15) is 0 Å². The molecule has 2 N–H and O–H groups in total. The third kappa shape index (κ3) is 2.74. The predicted molar refractivity (Wildman–Crippen MR) is 71.5 cm³/mol. The summed E-state index contributed by atoms with van der Waals surface area (Å²) < 4.78 is 10.1. The first kappa shape index (κ1) is 13.5. The molecule has 0 fully saturated rings. The molecule has 0 spiro atoms. The summed E-state index contributed by atoms with van der Waals surface area (Å²) in [5.74, 6) is 0.516. The molecule has 0 radical (unpaired) electrons. The molecule has 8 heteroatoms. The number of carboxylic acid groups (broad SMARTS) is 1. The first-order valence-electron chi connectivity index (χ1n) is 5.68. The molecule has 106 valence electrons. The minimum Gasteiger partial charge on any atom is -0.481 e. The number of rotatable bonds is 3. The molecule has 8 nitrogen and oxygen atoms in total. The number of hydrogen-bond donors (Lipinski definition) is 2. The fourth-order valence-electron chi connectivity index (χ4n) is 1.56. The number of hydrazone groups is 1. The van der Waals surface area contributed by atoms with Gasteiger partial charge < -0.3 is 14.6 Å². The zero-order chi connectivity index (χ0) is 14.5. The molecule has 0 bridgehead atoms. The van der Waals surface area contributed by atoms with Crippen LogP contribution in [0.5, 0.6) is 0 Å². The number of methoxy groups -OCH3 is 2. The maximum atomic E-state index is 11.5. The molecule has 2 rings (SSSR count). The van der Waals surface area contributed by atoms with Crippen molar-refractivity contribution < 1.29 is 19.4 Å². The van der Waals surface area contributed by atoms with Crippen LogP contribution in [0.4, 0.5) is 10.5 Å². The largest absolute Gasteiger partial charge is 0.481 e. The SMILES string of the molecule is COC1=CC(OC)=NN(N(C(=O)O)c2ccccc2)N1. The van der Waals surface area contributed by atoms with Crippen LogP contribution < -0.4 is 10.4 Å². The molecule has 0 atom stereocenters. The summed E-state index contributed by atoms with van der Waals surface area (Å²) in [4.78, 5) is 11.5. The van der Waals surface area contributed by atoms with E-state index in [0.29, 0.717) is 11.6 Å². The van der Waals surface area contributed by atoms with Crippen LogP contribution in [-0.4, -0.2) is 36.5 Å². The maximum Gasteiger partial charge on any atom is 0.434 e. The van der Waals surface area contributed by atoms with Gasteiger partial charge in [-0.15, -0.1) is 5.01 Å². The summed E-state index contributed by atoms with van der Waals surface area (Å²) in [6.45, 7) is 0. The summed E-state index contributed by atoms with van der Waals surface area (Å²) in [7, 11) is 2.88. The molecule has 1 heterocycles. The predicted octanol–water partition coefficient (Wildman–Crippen LogP) is 1.35. The van der Waals surface area contributed by atoms with Crippen LogP contribution in [0, 0.1) is 0 Å². The molecule has 0 saturated heterocycles. The van der Waals surface area contributed by atoms with Crippen LogP contribution in [-0.2, 0) is 9.47 Å². The van der Waals surface area contributed by atoms with Crippen LogP contribution in [0.1, 0.15) is 0 Å². The van der Waals surface area contributed by atoms with E-state index in [4.69, 9.17) is 9.47 Å². The van der Waals surface area contributed by atoms with Crippen LogP contribution in [0.15, 0.2) is 47.4 Å². The van der Waals surface area contributed by atoms with E-state index in [9.17, 15) is 9.90 Å². The molecule has 20 heavy (non-hydrogen) atoms. The number of hydrogen-bond acceptors (Lipinski definition) is 6. The van der Waals surface area contributed by atoms with E-state index in [1.807, 2.05) is 0 Å². The van der Waals surface area contributed by atoms with Crippen LogP contribution in [0.2, 0.25) is 0 Å². The van der Waals surface area contributed by atoms with Gasteiger partial charge in [-0.2, -0.15) is 0 Å². The average Bonchev–Trinajstić information content (AvgIpc) is 2.47. The number of para-hydroxylation sites is 1. The van der Waals surface area contributed by atoms with Crippen LogP contribution >= 0.6 is 0 Å². The normalized spacial score (nSPS) is 13.8. The van der Waals surface area contributed by atoms with Gasteiger partial charge in [0.2, 0.25) is 11.8 Å². The highest BCUT2D eigenvalue weighted by molar-refractivity contribution is 5.89. The van der Waals surface area contributed by atoms with Gasteiger partial charge >= 0.3 is 6.09 Å². The van der Waals surface area contributed by atoms with Crippen molar-refractivity contribution in [3.63, 3.8) is 0 Å². The van der Waals surface area contributed by atoms with Gasteiger partial charge in [0.25, 0.3) is 0 Å². The number of ether oxygens (including phenoxy) is 2. The lowest BCUT2D eigenvalue weighted by Crippen LogP contribution is -2.52. The van der Waals surface area contributed by atoms with E-state index in [0.717, 1.165) is 10.2 Å². The second-order valence-corrected chi connectivity index (χ2v) is 3.69. The number of nitrogens with zero attached hydrogens (tertiary/aromatic N) is 3. The van der Waals surface area contributed by atoms with Crippen molar-refractivity contribution >= 4 is 17.7 Å². The molecule has 0 saturated carbocycles. The first-order valence-corrected chi connectivity index (χ1v) is 5.68. The van der Waals surface area contributed by atoms with E-state index in [1.165, 1.54) is 20.3 Å². The number of carbonyl (C=O) groups is 1. The molecule has 1 aliphatic rings. The minimum atomic E-state index is -1.21.